The molecule has 85 heavy (non-hydrogen) atoms. The van der Waals surface area contributed by atoms with E-state index in [0.717, 1.165) is 108 Å². The number of hydrogen-bond donors (Lipinski definition) is 3. The Balaban J connectivity index is 5.22. The van der Waals surface area contributed by atoms with Gasteiger partial charge in [-0.1, -0.05) is 267 Å². The fourth-order valence-corrected chi connectivity index (χ4v) is 11.3. The number of unbranched alkanes of at least 4 members (excludes halogenated alkanes) is 28. The minimum Gasteiger partial charge on any atom is -0.462 e. The van der Waals surface area contributed by atoms with Gasteiger partial charge < -0.3 is 33.8 Å². The molecule has 3 N–H and O–H groups in total. The van der Waals surface area contributed by atoms with Crippen LogP contribution in [0.1, 0.15) is 319 Å². The summed E-state index contributed by atoms with van der Waals surface area (Å²) < 4.78 is 68.0. The van der Waals surface area contributed by atoms with E-state index in [9.17, 15) is 43.2 Å². The standard InChI is InChI=1S/C66H128O17P2/c1-9-59(8)45-37-29-24-25-31-39-47-64(69)77-53-62(83-66(71)49-41-33-23-17-20-28-36-44-58(6)7)55-81-85(74,75)79-51-60(67)50-78-84(72,73)80-54-61(82-65(70)48-40-32-22-16-19-27-35-43-57(4)5)52-76-63(68)46-38-30-21-15-13-11-10-12-14-18-26-34-42-56(2)3/h56-62,67H,9-55H2,1-8H3,(H,72,73)(H,74,75)/t59?,60-,61-,62-/m1/s1. The van der Waals surface area contributed by atoms with Crippen molar-refractivity contribution in [2.45, 2.75) is 337 Å². The number of ether oxygens (including phenoxy) is 4. The Morgan fingerprint density at radius 1 is 0.329 bits per heavy atom. The van der Waals surface area contributed by atoms with Crippen LogP contribution >= 0.6 is 15.6 Å². The highest BCUT2D eigenvalue weighted by Crippen LogP contribution is 2.45. The third-order valence-electron chi connectivity index (χ3n) is 15.4. The van der Waals surface area contributed by atoms with Crippen LogP contribution in [0.4, 0.5) is 0 Å². The van der Waals surface area contributed by atoms with Crippen LogP contribution in [0.2, 0.25) is 0 Å². The molecule has 0 radical (unpaired) electrons. The van der Waals surface area contributed by atoms with Crippen LogP contribution in [-0.2, 0) is 65.4 Å². The van der Waals surface area contributed by atoms with Gasteiger partial charge in [0.25, 0.3) is 0 Å². The number of phosphoric ester groups is 2. The summed E-state index contributed by atoms with van der Waals surface area (Å²) in [5.74, 6) is 0.764. The van der Waals surface area contributed by atoms with Crippen LogP contribution in [0, 0.1) is 23.7 Å². The van der Waals surface area contributed by atoms with Gasteiger partial charge in [0.1, 0.15) is 19.3 Å². The van der Waals surface area contributed by atoms with Gasteiger partial charge in [0, 0.05) is 25.7 Å². The molecule has 19 heteroatoms. The van der Waals surface area contributed by atoms with Crippen molar-refractivity contribution in [3.63, 3.8) is 0 Å². The van der Waals surface area contributed by atoms with Crippen LogP contribution in [-0.4, -0.2) is 96.7 Å². The maximum absolute atomic E-state index is 13.0. The van der Waals surface area contributed by atoms with Gasteiger partial charge in [-0.15, -0.1) is 0 Å². The number of rotatable bonds is 63. The Hall–Kier alpha value is -1.94. The molecule has 3 unspecified atom stereocenters. The Bertz CT molecular complexity index is 1700. The molecule has 0 aromatic rings. The smallest absolute Gasteiger partial charge is 0.462 e. The van der Waals surface area contributed by atoms with Crippen LogP contribution in [0.15, 0.2) is 0 Å². The summed E-state index contributed by atoms with van der Waals surface area (Å²) in [6.07, 6.45) is 36.4. The van der Waals surface area contributed by atoms with Crippen LogP contribution in [0.5, 0.6) is 0 Å². The lowest BCUT2D eigenvalue weighted by Crippen LogP contribution is -2.30. The first-order valence-corrected chi connectivity index (χ1v) is 37.2. The summed E-state index contributed by atoms with van der Waals surface area (Å²) in [6.45, 7) is 14.0. The van der Waals surface area contributed by atoms with E-state index in [1.54, 1.807) is 0 Å². The lowest BCUT2D eigenvalue weighted by Gasteiger charge is -2.21. The van der Waals surface area contributed by atoms with Crippen molar-refractivity contribution in [2.24, 2.45) is 23.7 Å². The number of aliphatic hydroxyl groups excluding tert-OH is 1. The minimum absolute atomic E-state index is 0.102. The van der Waals surface area contributed by atoms with Crippen LogP contribution in [0.3, 0.4) is 0 Å². The number of esters is 4. The molecular formula is C66H128O17P2. The van der Waals surface area contributed by atoms with Crippen molar-refractivity contribution < 1.29 is 80.2 Å². The number of aliphatic hydroxyl groups is 1. The summed E-state index contributed by atoms with van der Waals surface area (Å²) >= 11 is 0. The first-order valence-electron chi connectivity index (χ1n) is 34.2. The third-order valence-corrected chi connectivity index (χ3v) is 17.3. The van der Waals surface area contributed by atoms with E-state index in [2.05, 4.69) is 55.4 Å². The Labute approximate surface area is 517 Å². The summed E-state index contributed by atoms with van der Waals surface area (Å²) in [5, 5.41) is 10.5. The number of carbonyl (C=O) groups excluding carboxylic acids is 4. The Morgan fingerprint density at radius 3 is 0.835 bits per heavy atom. The lowest BCUT2D eigenvalue weighted by atomic mass is 10.00. The van der Waals surface area contributed by atoms with Crippen molar-refractivity contribution in [1.82, 2.24) is 0 Å². The van der Waals surface area contributed by atoms with Gasteiger partial charge in [0.2, 0.25) is 0 Å². The Morgan fingerprint density at radius 2 is 0.565 bits per heavy atom. The normalized spacial score (nSPS) is 14.7. The molecule has 17 nitrogen and oxygen atoms in total. The molecule has 0 aromatic carbocycles. The van der Waals surface area contributed by atoms with Crippen LogP contribution in [0.25, 0.3) is 0 Å². The van der Waals surface area contributed by atoms with E-state index in [1.165, 1.54) is 116 Å². The number of phosphoric acid groups is 2. The molecule has 0 aromatic heterocycles. The monoisotopic (exact) mass is 1250 g/mol. The third kappa shape index (κ3) is 59.5. The zero-order chi connectivity index (χ0) is 63.2. The predicted octanol–water partition coefficient (Wildman–Crippen LogP) is 18.1. The van der Waals surface area contributed by atoms with Crippen molar-refractivity contribution in [3.8, 4) is 0 Å². The van der Waals surface area contributed by atoms with E-state index in [1.807, 2.05) is 0 Å². The maximum atomic E-state index is 13.0. The molecule has 0 heterocycles. The molecule has 0 bridgehead atoms. The van der Waals surface area contributed by atoms with Gasteiger partial charge in [-0.3, -0.25) is 37.3 Å². The molecule has 0 fully saturated rings. The summed E-state index contributed by atoms with van der Waals surface area (Å²) in [4.78, 5) is 72.3. The topological polar surface area (TPSA) is 237 Å². The Kier molecular flexibility index (Phi) is 54.8. The zero-order valence-corrected chi connectivity index (χ0v) is 57.0. The minimum atomic E-state index is -4.95. The van der Waals surface area contributed by atoms with E-state index >= 15 is 0 Å². The molecule has 0 saturated carbocycles. The highest BCUT2D eigenvalue weighted by atomic mass is 31.2. The molecule has 0 rings (SSSR count). The fourth-order valence-electron chi connectivity index (χ4n) is 9.75. The fraction of sp³-hybridized carbons (Fsp3) is 0.939. The van der Waals surface area contributed by atoms with Crippen molar-refractivity contribution in [2.75, 3.05) is 39.6 Å². The molecule has 0 amide bonds. The molecule has 504 valence electrons. The second-order valence-corrected chi connectivity index (χ2v) is 28.4. The summed E-state index contributed by atoms with van der Waals surface area (Å²) in [7, 11) is -9.89. The average molecular weight is 1260 g/mol. The summed E-state index contributed by atoms with van der Waals surface area (Å²) in [5.41, 5.74) is 0. The van der Waals surface area contributed by atoms with E-state index in [0.29, 0.717) is 37.5 Å². The molecule has 0 aliphatic rings. The van der Waals surface area contributed by atoms with E-state index < -0.39 is 97.5 Å². The molecule has 0 saturated heterocycles. The highest BCUT2D eigenvalue weighted by molar-refractivity contribution is 7.47. The average Bonchev–Trinajstić information content (AvgIpc) is 3.55. The first kappa shape index (κ1) is 83.1. The number of carbonyl (C=O) groups is 4. The second kappa shape index (κ2) is 56.1. The van der Waals surface area contributed by atoms with Gasteiger partial charge in [-0.05, 0) is 49.4 Å². The van der Waals surface area contributed by atoms with Crippen molar-refractivity contribution in [1.29, 1.82) is 0 Å². The van der Waals surface area contributed by atoms with Crippen molar-refractivity contribution in [3.05, 3.63) is 0 Å². The van der Waals surface area contributed by atoms with Gasteiger partial charge in [0.15, 0.2) is 12.2 Å². The van der Waals surface area contributed by atoms with E-state index in [4.69, 9.17) is 37.0 Å². The van der Waals surface area contributed by atoms with Gasteiger partial charge in [-0.25, -0.2) is 9.13 Å². The largest absolute Gasteiger partial charge is 0.472 e. The number of hydrogen-bond acceptors (Lipinski definition) is 15. The zero-order valence-electron chi connectivity index (χ0n) is 55.2. The van der Waals surface area contributed by atoms with Gasteiger partial charge in [0.05, 0.1) is 26.4 Å². The van der Waals surface area contributed by atoms with E-state index in [-0.39, 0.29) is 25.7 Å². The highest BCUT2D eigenvalue weighted by Gasteiger charge is 2.30. The molecule has 0 aliphatic carbocycles. The molecule has 0 aliphatic heterocycles. The van der Waals surface area contributed by atoms with Crippen LogP contribution < -0.4 is 0 Å². The molecular weight excluding hydrogens is 1130 g/mol. The lowest BCUT2D eigenvalue weighted by molar-refractivity contribution is -0.161. The van der Waals surface area contributed by atoms with Crippen molar-refractivity contribution >= 4 is 39.5 Å². The second-order valence-electron chi connectivity index (χ2n) is 25.5. The molecule has 0 spiro atoms. The quantitative estimate of drug-likeness (QED) is 0.0222. The SMILES string of the molecule is CCC(C)CCCCCCCCC(=O)OC[C@H](COP(=O)(O)OC[C@H](O)COP(=O)(O)OC[C@@H](COC(=O)CCCCCCCCCCCCCCC(C)C)OC(=O)CCCCCCCCCC(C)C)OC(=O)CCCCCCCCCC(C)C. The first-order chi connectivity index (χ1) is 40.6. The van der Waals surface area contributed by atoms with Gasteiger partial charge in [-0.2, -0.15) is 0 Å². The summed E-state index contributed by atoms with van der Waals surface area (Å²) in [6, 6.07) is 0. The molecule has 6 atom stereocenters. The predicted molar refractivity (Wildman–Crippen MR) is 340 cm³/mol. The van der Waals surface area contributed by atoms with Gasteiger partial charge >= 0.3 is 39.5 Å². The maximum Gasteiger partial charge on any atom is 0.472 e.